The number of nitrogens with zero attached hydrogens (tertiary/aromatic N) is 5. The van der Waals surface area contributed by atoms with Crippen LogP contribution in [-0.4, -0.2) is 68.6 Å². The third kappa shape index (κ3) is 5.44. The molecule has 8 heteroatoms. The van der Waals surface area contributed by atoms with Crippen LogP contribution in [0, 0.1) is 12.7 Å². The van der Waals surface area contributed by atoms with E-state index in [4.69, 9.17) is 4.98 Å². The van der Waals surface area contributed by atoms with E-state index in [-0.39, 0.29) is 11.9 Å². The van der Waals surface area contributed by atoms with Crippen LogP contribution in [-0.2, 0) is 6.54 Å². The number of aliphatic hydroxyl groups is 1. The number of nitrogens with one attached hydrogen (secondary N) is 1. The summed E-state index contributed by atoms with van der Waals surface area (Å²) in [5.41, 5.74) is 8.41. The molecule has 5 aromatic rings. The van der Waals surface area contributed by atoms with Crippen molar-refractivity contribution in [2.24, 2.45) is 0 Å². The number of halogens is 1. The number of anilines is 1. The number of β-amino-alcohol motifs (C(OH)–C–C–N with tert-alkyl or cyclic N) is 1. The second kappa shape index (κ2) is 10.6. The van der Waals surface area contributed by atoms with Gasteiger partial charge in [-0.3, -0.25) is 9.58 Å². The number of hydrogen-bond donors (Lipinski definition) is 2. The quantitative estimate of drug-likeness (QED) is 0.310. The Kier molecular flexibility index (Phi) is 6.89. The molecule has 4 heterocycles. The Hall–Kier alpha value is -4.01. The Morgan fingerprint density at radius 2 is 1.85 bits per heavy atom. The number of rotatable bonds is 7. The lowest BCUT2D eigenvalue weighted by Crippen LogP contribution is -2.48. The Bertz CT molecular complexity index is 1600. The molecule has 7 nitrogen and oxygen atoms in total. The number of aromatic nitrogens is 4. The number of fused-ring (bicyclic) bond motifs is 1. The van der Waals surface area contributed by atoms with Crippen molar-refractivity contribution in [3.63, 3.8) is 0 Å². The molecular formula is C31H33FN6O. The molecular weight excluding hydrogens is 491 g/mol. The van der Waals surface area contributed by atoms with Crippen molar-refractivity contribution in [1.82, 2.24) is 24.6 Å². The van der Waals surface area contributed by atoms with Crippen LogP contribution in [0.5, 0.6) is 0 Å². The molecule has 0 saturated carbocycles. The van der Waals surface area contributed by atoms with Gasteiger partial charge in [0.2, 0.25) is 0 Å². The van der Waals surface area contributed by atoms with Crippen molar-refractivity contribution in [2.45, 2.75) is 26.5 Å². The summed E-state index contributed by atoms with van der Waals surface area (Å²) in [6.07, 6.45) is 7.42. The van der Waals surface area contributed by atoms with Crippen molar-refractivity contribution >= 4 is 16.7 Å². The van der Waals surface area contributed by atoms with E-state index >= 15 is 0 Å². The third-order valence-electron chi connectivity index (χ3n) is 7.47. The number of pyridine rings is 1. The van der Waals surface area contributed by atoms with E-state index in [1.165, 1.54) is 23.4 Å². The predicted molar refractivity (Wildman–Crippen MR) is 153 cm³/mol. The van der Waals surface area contributed by atoms with Crippen LogP contribution in [0.15, 0.2) is 73.3 Å². The molecule has 2 aromatic carbocycles. The largest absolute Gasteiger partial charge is 0.392 e. The molecule has 0 aliphatic carbocycles. The lowest BCUT2D eigenvalue weighted by Gasteiger charge is -2.37. The fraction of sp³-hybridized carbons (Fsp3) is 0.290. The molecule has 0 bridgehead atoms. The first kappa shape index (κ1) is 25.3. The summed E-state index contributed by atoms with van der Waals surface area (Å²) in [7, 11) is 0. The summed E-state index contributed by atoms with van der Waals surface area (Å²) in [4.78, 5) is 12.7. The van der Waals surface area contributed by atoms with Crippen LogP contribution >= 0.6 is 0 Å². The Labute approximate surface area is 227 Å². The third-order valence-corrected chi connectivity index (χ3v) is 7.47. The molecule has 1 aliphatic heterocycles. The molecule has 3 aromatic heterocycles. The zero-order chi connectivity index (χ0) is 26.9. The normalized spacial score (nSPS) is 15.2. The molecule has 1 unspecified atom stereocenters. The monoisotopic (exact) mass is 524 g/mol. The molecule has 200 valence electrons. The average Bonchev–Trinajstić information content (AvgIpc) is 3.55. The maximum atomic E-state index is 13.6. The number of hydrogen-bond acceptors (Lipinski definition) is 5. The van der Waals surface area contributed by atoms with E-state index in [0.717, 1.165) is 71.6 Å². The van der Waals surface area contributed by atoms with Crippen molar-refractivity contribution in [2.75, 3.05) is 37.6 Å². The van der Waals surface area contributed by atoms with Gasteiger partial charge in [0.05, 0.1) is 18.8 Å². The number of aryl methyl sites for hydroxylation is 1. The van der Waals surface area contributed by atoms with Gasteiger partial charge < -0.3 is 15.0 Å². The van der Waals surface area contributed by atoms with Crippen molar-refractivity contribution in [3.05, 3.63) is 90.3 Å². The highest BCUT2D eigenvalue weighted by Gasteiger charge is 2.20. The fourth-order valence-electron chi connectivity index (χ4n) is 5.55. The summed E-state index contributed by atoms with van der Waals surface area (Å²) in [6, 6.07) is 15.4. The summed E-state index contributed by atoms with van der Waals surface area (Å²) in [5.74, 6) is -0.242. The smallest absolute Gasteiger partial charge is 0.137 e. The first-order valence-electron chi connectivity index (χ1n) is 13.4. The van der Waals surface area contributed by atoms with Gasteiger partial charge in [-0.1, -0.05) is 18.2 Å². The highest BCUT2D eigenvalue weighted by Crippen LogP contribution is 2.33. The van der Waals surface area contributed by atoms with Crippen LogP contribution in [0.3, 0.4) is 0 Å². The van der Waals surface area contributed by atoms with Gasteiger partial charge in [0.1, 0.15) is 11.5 Å². The number of aliphatic hydroxyl groups excluding tert-OH is 1. The summed E-state index contributed by atoms with van der Waals surface area (Å²) < 4.78 is 15.4. The van der Waals surface area contributed by atoms with Gasteiger partial charge >= 0.3 is 0 Å². The van der Waals surface area contributed by atoms with Crippen molar-refractivity contribution in [1.29, 1.82) is 0 Å². The van der Waals surface area contributed by atoms with Crippen molar-refractivity contribution < 1.29 is 9.50 Å². The van der Waals surface area contributed by atoms with Gasteiger partial charge in [0.25, 0.3) is 0 Å². The maximum absolute atomic E-state index is 13.6. The van der Waals surface area contributed by atoms with Crippen LogP contribution in [0.4, 0.5) is 10.1 Å². The first-order chi connectivity index (χ1) is 18.9. The van der Waals surface area contributed by atoms with Gasteiger partial charge in [0, 0.05) is 79.1 Å². The van der Waals surface area contributed by atoms with E-state index in [0.29, 0.717) is 6.54 Å². The van der Waals surface area contributed by atoms with E-state index in [1.807, 2.05) is 42.5 Å². The van der Waals surface area contributed by atoms with Gasteiger partial charge in [0.15, 0.2) is 0 Å². The van der Waals surface area contributed by atoms with E-state index < -0.39 is 0 Å². The molecule has 0 spiro atoms. The van der Waals surface area contributed by atoms with Crippen LogP contribution in [0.25, 0.3) is 33.3 Å². The molecule has 1 atom stereocenters. The second-order valence-corrected chi connectivity index (χ2v) is 10.5. The fourth-order valence-corrected chi connectivity index (χ4v) is 5.55. The number of H-pyrrole nitrogens is 1. The van der Waals surface area contributed by atoms with Crippen LogP contribution < -0.4 is 4.90 Å². The molecule has 39 heavy (non-hydrogen) atoms. The number of benzene rings is 2. The number of aromatic amines is 1. The molecule has 1 saturated heterocycles. The molecule has 2 N–H and O–H groups in total. The topological polar surface area (TPSA) is 73.2 Å². The standard InChI is InChI=1S/C31H33FN6O/c1-21-12-24(6-7-30(21)37-10-8-36(9-11-37)18-22(2)39)25-14-28-29(17-34-31(28)33-15-25)26-16-35-38(20-26)19-23-4-3-5-27(32)13-23/h3-7,12-17,20,22,39H,8-11,18-19H2,1-2H3,(H,33,34). The first-order valence-corrected chi connectivity index (χ1v) is 13.4. The zero-order valence-electron chi connectivity index (χ0n) is 22.3. The molecule has 0 amide bonds. The second-order valence-electron chi connectivity index (χ2n) is 10.5. The Morgan fingerprint density at radius 3 is 2.62 bits per heavy atom. The van der Waals surface area contributed by atoms with E-state index in [9.17, 15) is 9.50 Å². The van der Waals surface area contributed by atoms with Gasteiger partial charge in [-0.2, -0.15) is 5.10 Å². The lowest BCUT2D eigenvalue weighted by atomic mass is 10.0. The highest BCUT2D eigenvalue weighted by atomic mass is 19.1. The summed E-state index contributed by atoms with van der Waals surface area (Å²) >= 11 is 0. The maximum Gasteiger partial charge on any atom is 0.137 e. The minimum atomic E-state index is -0.291. The number of piperazine rings is 1. The van der Waals surface area contributed by atoms with Gasteiger partial charge in [-0.15, -0.1) is 0 Å². The summed E-state index contributed by atoms with van der Waals surface area (Å²) in [6.45, 7) is 9.09. The van der Waals surface area contributed by atoms with E-state index in [1.54, 1.807) is 6.07 Å². The van der Waals surface area contributed by atoms with Crippen LogP contribution in [0.2, 0.25) is 0 Å². The highest BCUT2D eigenvalue weighted by molar-refractivity contribution is 5.95. The van der Waals surface area contributed by atoms with Gasteiger partial charge in [-0.05, 0) is 60.9 Å². The average molecular weight is 525 g/mol. The van der Waals surface area contributed by atoms with Gasteiger partial charge in [-0.25, -0.2) is 9.37 Å². The minimum absolute atomic E-state index is 0.242. The Morgan fingerprint density at radius 1 is 1.00 bits per heavy atom. The molecule has 1 aliphatic rings. The van der Waals surface area contributed by atoms with E-state index in [2.05, 4.69) is 51.1 Å². The minimum Gasteiger partial charge on any atom is -0.392 e. The SMILES string of the molecule is Cc1cc(-c2cnc3[nH]cc(-c4cnn(Cc5cccc(F)c5)c4)c3c2)ccc1N1CCN(CC(C)O)CC1. The predicted octanol–water partition coefficient (Wildman–Crippen LogP) is 5.09. The molecule has 0 radical (unpaired) electrons. The molecule has 1 fully saturated rings. The summed E-state index contributed by atoms with van der Waals surface area (Å²) in [5, 5.41) is 15.2. The zero-order valence-corrected chi connectivity index (χ0v) is 22.3. The lowest BCUT2D eigenvalue weighted by molar-refractivity contribution is 0.122. The van der Waals surface area contributed by atoms with Crippen molar-refractivity contribution in [3.8, 4) is 22.3 Å². The Balaban J connectivity index is 1.22. The molecule has 6 rings (SSSR count). The van der Waals surface area contributed by atoms with Crippen LogP contribution in [0.1, 0.15) is 18.1 Å².